The van der Waals surface area contributed by atoms with E-state index in [9.17, 15) is 9.59 Å². The molecule has 0 unspecified atom stereocenters. The van der Waals surface area contributed by atoms with Crippen LogP contribution in [-0.4, -0.2) is 21.9 Å². The fourth-order valence-electron chi connectivity index (χ4n) is 2.06. The maximum atomic E-state index is 12.0. The largest absolute Gasteiger partial charge is 0.325 e. The van der Waals surface area contributed by atoms with Gasteiger partial charge in [0.05, 0.1) is 24.0 Å². The number of anilines is 3. The third-order valence-corrected chi connectivity index (χ3v) is 4.51. The molecule has 0 aliphatic heterocycles. The van der Waals surface area contributed by atoms with Crippen molar-refractivity contribution >= 4 is 63.0 Å². The van der Waals surface area contributed by atoms with E-state index in [0.717, 1.165) is 0 Å². The van der Waals surface area contributed by atoms with Crippen LogP contribution in [0.1, 0.15) is 5.69 Å². The molecule has 0 radical (unpaired) electrons. The Morgan fingerprint density at radius 3 is 2.41 bits per heavy atom. The zero-order valence-electron chi connectivity index (χ0n) is 13.7. The van der Waals surface area contributed by atoms with Gasteiger partial charge in [0, 0.05) is 16.1 Å². The van der Waals surface area contributed by atoms with Gasteiger partial charge in [-0.05, 0) is 36.4 Å². The number of aromatic nitrogens is 2. The van der Waals surface area contributed by atoms with Crippen LogP contribution in [0.5, 0.6) is 0 Å². The zero-order valence-corrected chi connectivity index (χ0v) is 16.0. The second kappa shape index (κ2) is 8.81. The molecular formula is C17H13Cl2N5O2S. The van der Waals surface area contributed by atoms with Crippen LogP contribution in [0.4, 0.5) is 21.3 Å². The number of benzene rings is 1. The predicted octanol–water partition coefficient (Wildman–Crippen LogP) is 4.67. The summed E-state index contributed by atoms with van der Waals surface area (Å²) in [5.41, 5.74) is 1.69. The normalized spacial score (nSPS) is 10.3. The Morgan fingerprint density at radius 1 is 0.963 bits per heavy atom. The molecule has 3 amide bonds. The molecule has 2 heterocycles. The lowest BCUT2D eigenvalue weighted by Crippen LogP contribution is -2.19. The van der Waals surface area contributed by atoms with Crippen LogP contribution in [0, 0.1) is 0 Å². The number of nitrogens with zero attached hydrogens (tertiary/aromatic N) is 2. The number of hydrogen-bond acceptors (Lipinski definition) is 5. The monoisotopic (exact) mass is 421 g/mol. The van der Waals surface area contributed by atoms with Crippen molar-refractivity contribution in [3.05, 3.63) is 63.8 Å². The molecule has 138 valence electrons. The number of carbonyl (C=O) groups is 2. The minimum Gasteiger partial charge on any atom is -0.324 e. The topological polar surface area (TPSA) is 96.0 Å². The lowest BCUT2D eigenvalue weighted by atomic mass is 10.3. The molecule has 0 spiro atoms. The first-order valence-corrected chi connectivity index (χ1v) is 9.31. The molecule has 27 heavy (non-hydrogen) atoms. The average molecular weight is 422 g/mol. The van der Waals surface area contributed by atoms with E-state index in [2.05, 4.69) is 25.9 Å². The molecule has 2 aromatic heterocycles. The number of urea groups is 1. The summed E-state index contributed by atoms with van der Waals surface area (Å²) in [5.74, 6) is -0.249. The Balaban J connectivity index is 1.51. The van der Waals surface area contributed by atoms with Gasteiger partial charge in [0.2, 0.25) is 5.91 Å². The van der Waals surface area contributed by atoms with Crippen LogP contribution < -0.4 is 16.0 Å². The van der Waals surface area contributed by atoms with Crippen molar-refractivity contribution in [1.82, 2.24) is 9.97 Å². The van der Waals surface area contributed by atoms with Gasteiger partial charge in [0.1, 0.15) is 5.15 Å². The number of thiazole rings is 1. The van der Waals surface area contributed by atoms with Crippen molar-refractivity contribution in [3.63, 3.8) is 0 Å². The van der Waals surface area contributed by atoms with Crippen LogP contribution in [-0.2, 0) is 11.2 Å². The van der Waals surface area contributed by atoms with Crippen molar-refractivity contribution in [2.75, 3.05) is 16.0 Å². The van der Waals surface area contributed by atoms with Crippen LogP contribution in [0.3, 0.4) is 0 Å². The highest BCUT2D eigenvalue weighted by atomic mass is 35.5. The van der Waals surface area contributed by atoms with Gasteiger partial charge in [-0.1, -0.05) is 23.2 Å². The summed E-state index contributed by atoms with van der Waals surface area (Å²) in [6.07, 6.45) is 1.54. The second-order valence-corrected chi connectivity index (χ2v) is 7.01. The highest BCUT2D eigenvalue weighted by Gasteiger charge is 2.10. The summed E-state index contributed by atoms with van der Waals surface area (Å²) >= 11 is 12.7. The molecule has 10 heteroatoms. The van der Waals surface area contributed by atoms with Crippen LogP contribution >= 0.6 is 34.5 Å². The maximum Gasteiger partial charge on any atom is 0.325 e. The van der Waals surface area contributed by atoms with E-state index >= 15 is 0 Å². The Morgan fingerprint density at radius 2 is 1.70 bits per heavy atom. The lowest BCUT2D eigenvalue weighted by molar-refractivity contribution is -0.115. The second-order valence-electron chi connectivity index (χ2n) is 5.32. The summed E-state index contributed by atoms with van der Waals surface area (Å²) in [7, 11) is 0. The number of rotatable bonds is 5. The van der Waals surface area contributed by atoms with Gasteiger partial charge in [-0.15, -0.1) is 11.3 Å². The number of amides is 3. The molecule has 0 aliphatic carbocycles. The molecule has 0 saturated heterocycles. The fourth-order valence-corrected chi connectivity index (χ4v) is 3.00. The smallest absolute Gasteiger partial charge is 0.324 e. The minimum absolute atomic E-state index is 0.0691. The molecule has 0 saturated carbocycles. The highest BCUT2D eigenvalue weighted by molar-refractivity contribution is 7.14. The van der Waals surface area contributed by atoms with Gasteiger partial charge < -0.3 is 10.6 Å². The first-order chi connectivity index (χ1) is 13.0. The van der Waals surface area contributed by atoms with Gasteiger partial charge in [-0.25, -0.2) is 14.8 Å². The van der Waals surface area contributed by atoms with Crippen molar-refractivity contribution in [3.8, 4) is 0 Å². The molecule has 0 aliphatic rings. The summed E-state index contributed by atoms with van der Waals surface area (Å²) in [4.78, 5) is 32.2. The molecule has 7 nitrogen and oxygen atoms in total. The molecule has 0 bridgehead atoms. The molecule has 1 aromatic carbocycles. The van der Waals surface area contributed by atoms with Crippen LogP contribution in [0.15, 0.2) is 48.0 Å². The Kier molecular flexibility index (Phi) is 6.23. The van der Waals surface area contributed by atoms with E-state index in [4.69, 9.17) is 23.2 Å². The number of pyridine rings is 1. The van der Waals surface area contributed by atoms with Crippen molar-refractivity contribution in [1.29, 1.82) is 0 Å². The number of carbonyl (C=O) groups excluding carboxylic acids is 2. The standard InChI is InChI=1S/C17H13Cl2N5O2S/c18-10-1-3-11(4-2-10)22-16(26)24-17-23-13(9-27-17)7-15(25)21-12-5-6-14(19)20-8-12/h1-6,8-9H,7H2,(H,21,25)(H2,22,23,24,26). The Labute approximate surface area is 168 Å². The average Bonchev–Trinajstić information content (AvgIpc) is 3.05. The van der Waals surface area contributed by atoms with E-state index in [1.165, 1.54) is 17.5 Å². The summed E-state index contributed by atoms with van der Waals surface area (Å²) in [6, 6.07) is 9.52. The summed E-state index contributed by atoms with van der Waals surface area (Å²) < 4.78 is 0. The predicted molar refractivity (Wildman–Crippen MR) is 108 cm³/mol. The first kappa shape index (κ1) is 19.1. The van der Waals surface area contributed by atoms with Gasteiger partial charge in [-0.2, -0.15) is 0 Å². The quantitative estimate of drug-likeness (QED) is 0.521. The molecule has 3 rings (SSSR count). The van der Waals surface area contributed by atoms with Crippen molar-refractivity contribution < 1.29 is 9.59 Å². The SMILES string of the molecule is O=C(Cc1csc(NC(=O)Nc2ccc(Cl)cc2)n1)Nc1ccc(Cl)nc1. The van der Waals surface area contributed by atoms with E-state index in [1.54, 1.807) is 41.8 Å². The minimum atomic E-state index is -0.435. The van der Waals surface area contributed by atoms with Gasteiger partial charge >= 0.3 is 6.03 Å². The number of nitrogens with one attached hydrogen (secondary N) is 3. The third kappa shape index (κ3) is 5.92. The number of halogens is 2. The van der Waals surface area contributed by atoms with E-state index in [0.29, 0.717) is 32.4 Å². The van der Waals surface area contributed by atoms with Gasteiger partial charge in [0.25, 0.3) is 0 Å². The first-order valence-electron chi connectivity index (χ1n) is 7.67. The third-order valence-electron chi connectivity index (χ3n) is 3.23. The Hall–Kier alpha value is -2.68. The molecular weight excluding hydrogens is 409 g/mol. The number of hydrogen-bond donors (Lipinski definition) is 3. The zero-order chi connectivity index (χ0) is 19.2. The fraction of sp³-hybridized carbons (Fsp3) is 0.0588. The van der Waals surface area contributed by atoms with Crippen molar-refractivity contribution in [2.45, 2.75) is 6.42 Å². The summed E-state index contributed by atoms with van der Waals surface area (Å²) in [5, 5.41) is 11.0. The molecule has 3 N–H and O–H groups in total. The highest BCUT2D eigenvalue weighted by Crippen LogP contribution is 2.18. The molecule has 0 fully saturated rings. The van der Waals surface area contributed by atoms with Crippen molar-refractivity contribution in [2.24, 2.45) is 0 Å². The van der Waals surface area contributed by atoms with Crippen LogP contribution in [0.25, 0.3) is 0 Å². The molecule has 3 aromatic rings. The van der Waals surface area contributed by atoms with E-state index in [-0.39, 0.29) is 12.3 Å². The molecule has 0 atom stereocenters. The van der Waals surface area contributed by atoms with Gasteiger partial charge in [0.15, 0.2) is 5.13 Å². The maximum absolute atomic E-state index is 12.0. The van der Waals surface area contributed by atoms with E-state index in [1.807, 2.05) is 0 Å². The lowest BCUT2D eigenvalue weighted by Gasteiger charge is -2.05. The van der Waals surface area contributed by atoms with E-state index < -0.39 is 6.03 Å². The van der Waals surface area contributed by atoms with Crippen LogP contribution in [0.2, 0.25) is 10.2 Å². The summed E-state index contributed by atoms with van der Waals surface area (Å²) in [6.45, 7) is 0. The van der Waals surface area contributed by atoms with Gasteiger partial charge in [-0.3, -0.25) is 10.1 Å². The Bertz CT molecular complexity index is 869.